The predicted molar refractivity (Wildman–Crippen MR) is 66.8 cm³/mol. The lowest BCUT2D eigenvalue weighted by molar-refractivity contribution is 0.112. The Labute approximate surface area is 100 Å². The number of hydrogen-bond acceptors (Lipinski definition) is 3. The molecule has 17 heavy (non-hydrogen) atoms. The number of anilines is 1. The maximum absolute atomic E-state index is 13.8. The smallest absolute Gasteiger partial charge is 0.155 e. The van der Waals surface area contributed by atoms with Crippen molar-refractivity contribution in [1.29, 1.82) is 0 Å². The van der Waals surface area contributed by atoms with E-state index in [9.17, 15) is 9.18 Å². The summed E-state index contributed by atoms with van der Waals surface area (Å²) in [5.41, 5.74) is 0.801. The molecule has 0 aliphatic carbocycles. The Kier molecular flexibility index (Phi) is 4.84. The van der Waals surface area contributed by atoms with Gasteiger partial charge in [-0.25, -0.2) is 4.39 Å². The molecule has 0 saturated heterocycles. The van der Waals surface area contributed by atoms with Crippen LogP contribution in [0.25, 0.3) is 6.08 Å². The molecule has 0 radical (unpaired) electrons. The first-order valence-corrected chi connectivity index (χ1v) is 5.29. The molecular weight excluding hydrogens is 221 g/mol. The van der Waals surface area contributed by atoms with Crippen LogP contribution in [-0.2, 0) is 4.74 Å². The van der Waals surface area contributed by atoms with Crippen LogP contribution in [0.2, 0.25) is 0 Å². The summed E-state index contributed by atoms with van der Waals surface area (Å²) in [5, 5.41) is 3.02. The first-order valence-electron chi connectivity index (χ1n) is 5.29. The first kappa shape index (κ1) is 13.4. The van der Waals surface area contributed by atoms with Gasteiger partial charge in [-0.15, -0.1) is 0 Å². The van der Waals surface area contributed by atoms with Crippen molar-refractivity contribution in [3.8, 4) is 0 Å². The van der Waals surface area contributed by atoms with Crippen LogP contribution in [0, 0.1) is 5.82 Å². The molecule has 1 aromatic rings. The second kappa shape index (κ2) is 6.15. The van der Waals surface area contributed by atoms with Crippen LogP contribution in [0.4, 0.5) is 10.1 Å². The number of halogens is 1. The standard InChI is InChI=1S/C13H16FNO2/c1-4-10-5-6-12(11(7-16)13(10)14)15-9(2)8-17-3/h4-7,9,15H,1,8H2,2-3H3/t9-/m0/s1. The molecule has 0 spiro atoms. The second-order valence-corrected chi connectivity index (χ2v) is 3.75. The number of carbonyl (C=O) groups is 1. The van der Waals surface area contributed by atoms with E-state index in [1.165, 1.54) is 6.08 Å². The molecule has 1 aromatic carbocycles. The Bertz CT molecular complexity index is 418. The van der Waals surface area contributed by atoms with E-state index in [0.29, 0.717) is 24.1 Å². The SMILES string of the molecule is C=Cc1ccc(N[C@@H](C)COC)c(C=O)c1F. The molecule has 0 aliphatic heterocycles. The number of benzene rings is 1. The van der Waals surface area contributed by atoms with Crippen molar-refractivity contribution in [2.75, 3.05) is 19.0 Å². The Morgan fingerprint density at radius 2 is 2.29 bits per heavy atom. The summed E-state index contributed by atoms with van der Waals surface area (Å²) < 4.78 is 18.8. The van der Waals surface area contributed by atoms with Crippen LogP contribution < -0.4 is 5.32 Å². The average Bonchev–Trinajstić information content (AvgIpc) is 2.30. The second-order valence-electron chi connectivity index (χ2n) is 3.75. The Balaban J connectivity index is 3.04. The highest BCUT2D eigenvalue weighted by molar-refractivity contribution is 5.86. The molecule has 0 aromatic heterocycles. The number of nitrogens with one attached hydrogen (secondary N) is 1. The van der Waals surface area contributed by atoms with E-state index in [1.54, 1.807) is 19.2 Å². The van der Waals surface area contributed by atoms with Gasteiger partial charge in [0.15, 0.2) is 6.29 Å². The van der Waals surface area contributed by atoms with E-state index in [4.69, 9.17) is 4.74 Å². The topological polar surface area (TPSA) is 38.3 Å². The lowest BCUT2D eigenvalue weighted by Gasteiger charge is -2.16. The van der Waals surface area contributed by atoms with Crippen molar-refractivity contribution in [2.24, 2.45) is 0 Å². The van der Waals surface area contributed by atoms with Gasteiger partial charge in [-0.3, -0.25) is 4.79 Å². The summed E-state index contributed by atoms with van der Waals surface area (Å²) in [6, 6.07) is 3.24. The molecule has 0 fully saturated rings. The number of hydrogen-bond donors (Lipinski definition) is 1. The number of methoxy groups -OCH3 is 1. The monoisotopic (exact) mass is 237 g/mol. The van der Waals surface area contributed by atoms with E-state index >= 15 is 0 Å². The van der Waals surface area contributed by atoms with E-state index in [2.05, 4.69) is 11.9 Å². The highest BCUT2D eigenvalue weighted by Gasteiger charge is 2.12. The highest BCUT2D eigenvalue weighted by Crippen LogP contribution is 2.22. The van der Waals surface area contributed by atoms with Crippen LogP contribution in [0.3, 0.4) is 0 Å². The van der Waals surface area contributed by atoms with Crippen LogP contribution in [0.15, 0.2) is 18.7 Å². The van der Waals surface area contributed by atoms with E-state index < -0.39 is 5.82 Å². The molecule has 0 heterocycles. The summed E-state index contributed by atoms with van der Waals surface area (Å²) in [4.78, 5) is 10.9. The van der Waals surface area contributed by atoms with E-state index in [1.807, 2.05) is 6.92 Å². The predicted octanol–water partition coefficient (Wildman–Crippen LogP) is 2.73. The number of rotatable bonds is 6. The third-order valence-corrected chi connectivity index (χ3v) is 2.37. The van der Waals surface area contributed by atoms with Crippen LogP contribution in [0.1, 0.15) is 22.8 Å². The lowest BCUT2D eigenvalue weighted by Crippen LogP contribution is -2.21. The van der Waals surface area contributed by atoms with Gasteiger partial charge in [-0.1, -0.05) is 12.7 Å². The van der Waals surface area contributed by atoms with Gasteiger partial charge in [0.25, 0.3) is 0 Å². The van der Waals surface area contributed by atoms with Crippen molar-refractivity contribution in [3.63, 3.8) is 0 Å². The first-order chi connectivity index (χ1) is 8.13. The van der Waals surface area contributed by atoms with Gasteiger partial charge in [-0.2, -0.15) is 0 Å². The molecule has 0 aliphatic rings. The average molecular weight is 237 g/mol. The van der Waals surface area contributed by atoms with Crippen molar-refractivity contribution >= 4 is 18.0 Å². The molecule has 0 unspecified atom stereocenters. The van der Waals surface area contributed by atoms with Gasteiger partial charge >= 0.3 is 0 Å². The zero-order valence-electron chi connectivity index (χ0n) is 10.00. The van der Waals surface area contributed by atoms with Gasteiger partial charge < -0.3 is 10.1 Å². The maximum Gasteiger partial charge on any atom is 0.155 e. The van der Waals surface area contributed by atoms with E-state index in [-0.39, 0.29) is 11.6 Å². The number of aldehydes is 1. The molecule has 1 rings (SSSR count). The van der Waals surface area contributed by atoms with Crippen LogP contribution in [0.5, 0.6) is 0 Å². The molecule has 3 nitrogen and oxygen atoms in total. The van der Waals surface area contributed by atoms with Gasteiger partial charge in [0, 0.05) is 24.4 Å². The minimum absolute atomic E-state index is 0.00678. The van der Waals surface area contributed by atoms with Crippen molar-refractivity contribution in [2.45, 2.75) is 13.0 Å². The Morgan fingerprint density at radius 3 is 2.82 bits per heavy atom. The summed E-state index contributed by atoms with van der Waals surface area (Å²) in [6.45, 7) is 5.85. The zero-order chi connectivity index (χ0) is 12.8. The van der Waals surface area contributed by atoms with Gasteiger partial charge in [-0.05, 0) is 19.1 Å². The highest BCUT2D eigenvalue weighted by atomic mass is 19.1. The molecule has 92 valence electrons. The minimum Gasteiger partial charge on any atom is -0.383 e. The normalized spacial score (nSPS) is 11.9. The third-order valence-electron chi connectivity index (χ3n) is 2.37. The fourth-order valence-electron chi connectivity index (χ4n) is 1.57. The van der Waals surface area contributed by atoms with Crippen molar-refractivity contribution < 1.29 is 13.9 Å². The molecule has 1 atom stereocenters. The zero-order valence-corrected chi connectivity index (χ0v) is 10.00. The van der Waals surface area contributed by atoms with Gasteiger partial charge in [0.05, 0.1) is 12.2 Å². The molecule has 0 bridgehead atoms. The molecule has 1 N–H and O–H groups in total. The Hall–Kier alpha value is -1.68. The largest absolute Gasteiger partial charge is 0.383 e. The van der Waals surface area contributed by atoms with Crippen LogP contribution in [-0.4, -0.2) is 26.0 Å². The summed E-state index contributed by atoms with van der Waals surface area (Å²) >= 11 is 0. The van der Waals surface area contributed by atoms with Gasteiger partial charge in [0.1, 0.15) is 5.82 Å². The lowest BCUT2D eigenvalue weighted by atomic mass is 10.1. The molecule has 0 saturated carbocycles. The third kappa shape index (κ3) is 3.14. The van der Waals surface area contributed by atoms with E-state index in [0.717, 1.165) is 0 Å². The fourth-order valence-corrected chi connectivity index (χ4v) is 1.57. The number of carbonyl (C=O) groups excluding carboxylic acids is 1. The fraction of sp³-hybridized carbons (Fsp3) is 0.308. The quantitative estimate of drug-likeness (QED) is 0.773. The minimum atomic E-state index is -0.551. The molecule has 4 heteroatoms. The Morgan fingerprint density at radius 1 is 1.59 bits per heavy atom. The maximum atomic E-state index is 13.8. The molecule has 0 amide bonds. The number of ether oxygens (including phenoxy) is 1. The summed E-state index contributed by atoms with van der Waals surface area (Å²) in [7, 11) is 1.58. The van der Waals surface area contributed by atoms with Crippen molar-refractivity contribution in [1.82, 2.24) is 0 Å². The van der Waals surface area contributed by atoms with Crippen molar-refractivity contribution in [3.05, 3.63) is 35.7 Å². The van der Waals surface area contributed by atoms with Gasteiger partial charge in [0.2, 0.25) is 0 Å². The summed E-state index contributed by atoms with van der Waals surface area (Å²) in [6.07, 6.45) is 1.88. The van der Waals surface area contributed by atoms with Crippen LogP contribution >= 0.6 is 0 Å². The summed E-state index contributed by atoms with van der Waals surface area (Å²) in [5.74, 6) is -0.551. The molecular formula is C13H16FNO2.